The number of nitrogens with zero attached hydrogens (tertiary/aromatic N) is 3. The Balaban J connectivity index is 0.00000145. The van der Waals surface area contributed by atoms with Gasteiger partial charge in [-0.05, 0) is 45.0 Å². The normalized spacial score (nSPS) is 13.8. The molecule has 1 aromatic carbocycles. The Morgan fingerprint density at radius 1 is 1.31 bits per heavy atom. The summed E-state index contributed by atoms with van der Waals surface area (Å²) in [4.78, 5) is 37.7. The lowest BCUT2D eigenvalue weighted by Gasteiger charge is -2.27. The maximum absolute atomic E-state index is 13.1. The number of hydrogen-bond acceptors (Lipinski definition) is 5. The molecule has 156 valence electrons. The molecule has 2 heterocycles. The van der Waals surface area contributed by atoms with Crippen LogP contribution in [-0.2, 0) is 21.6 Å². The number of amides is 2. The molecule has 1 aliphatic rings. The van der Waals surface area contributed by atoms with Crippen LogP contribution in [0.25, 0.3) is 0 Å². The molecule has 3 rings (SSSR count). The first-order valence-electron chi connectivity index (χ1n) is 8.75. The zero-order valence-electron chi connectivity index (χ0n) is 16.5. The van der Waals surface area contributed by atoms with Crippen LogP contribution in [0.4, 0.5) is 15.0 Å². The van der Waals surface area contributed by atoms with E-state index in [1.54, 1.807) is 20.8 Å². The predicted molar refractivity (Wildman–Crippen MR) is 105 cm³/mol. The van der Waals surface area contributed by atoms with E-state index in [0.717, 1.165) is 4.68 Å². The monoisotopic (exact) mass is 424 g/mol. The molecule has 0 bridgehead atoms. The Morgan fingerprint density at radius 3 is 2.48 bits per heavy atom. The Labute approximate surface area is 172 Å². The van der Waals surface area contributed by atoms with Crippen molar-refractivity contribution in [2.75, 3.05) is 18.3 Å². The molecule has 0 atom stereocenters. The number of fused-ring (bicyclic) bond motifs is 1. The summed E-state index contributed by atoms with van der Waals surface area (Å²) in [5.41, 5.74) is 0.517. The van der Waals surface area contributed by atoms with Crippen molar-refractivity contribution >= 4 is 35.8 Å². The number of halogens is 2. The molecular formula is C19H22ClFN4O4. The highest BCUT2D eigenvalue weighted by Gasteiger charge is 2.43. The lowest BCUT2D eigenvalue weighted by molar-refractivity contribution is -0.122. The van der Waals surface area contributed by atoms with Crippen molar-refractivity contribution in [2.24, 2.45) is 0 Å². The van der Waals surface area contributed by atoms with E-state index in [1.807, 2.05) is 0 Å². The van der Waals surface area contributed by atoms with Gasteiger partial charge in [-0.25, -0.2) is 9.18 Å². The SMILES string of the molecule is CCOC(=O)n1nc2c(c1NC(=O)c1ccc(F)cc1)CN(C=O)C2(C)C.CCl. The van der Waals surface area contributed by atoms with Gasteiger partial charge in [0.05, 0.1) is 24.4 Å². The number of hydrogen-bond donors (Lipinski definition) is 1. The molecule has 0 unspecified atom stereocenters. The second-order valence-electron chi connectivity index (χ2n) is 6.54. The van der Waals surface area contributed by atoms with Crippen molar-refractivity contribution in [3.8, 4) is 0 Å². The number of alkyl halides is 1. The minimum atomic E-state index is -0.746. The Morgan fingerprint density at radius 2 is 1.93 bits per heavy atom. The van der Waals surface area contributed by atoms with Gasteiger partial charge in [0.1, 0.15) is 11.6 Å². The quantitative estimate of drug-likeness (QED) is 0.600. The highest BCUT2D eigenvalue weighted by atomic mass is 35.5. The van der Waals surface area contributed by atoms with E-state index in [9.17, 15) is 18.8 Å². The van der Waals surface area contributed by atoms with Gasteiger partial charge >= 0.3 is 6.09 Å². The van der Waals surface area contributed by atoms with Crippen molar-refractivity contribution < 1.29 is 23.5 Å². The minimum absolute atomic E-state index is 0.134. The summed E-state index contributed by atoms with van der Waals surface area (Å²) in [5.74, 6) is -0.867. The lowest BCUT2D eigenvalue weighted by Crippen LogP contribution is -2.35. The van der Waals surface area contributed by atoms with Gasteiger partial charge in [0.25, 0.3) is 5.91 Å². The van der Waals surface area contributed by atoms with E-state index < -0.39 is 23.4 Å². The standard InChI is InChI=1S/C18H19FN4O4.CH3Cl/c1-4-27-17(26)23-15(20-16(25)11-5-7-12(19)8-6-11)13-9-22(10-24)18(2,3)14(13)21-23;1-2/h5-8,10H,4,9H2,1-3H3,(H,20,25);1H3. The summed E-state index contributed by atoms with van der Waals surface area (Å²) >= 11 is 4.64. The van der Waals surface area contributed by atoms with Crippen LogP contribution in [0.1, 0.15) is 42.4 Å². The Hall–Kier alpha value is -2.94. The third-order valence-corrected chi connectivity index (χ3v) is 4.52. The Bertz CT molecular complexity index is 912. The number of anilines is 1. The van der Waals surface area contributed by atoms with Gasteiger partial charge in [-0.3, -0.25) is 9.59 Å². The molecule has 10 heteroatoms. The van der Waals surface area contributed by atoms with Crippen molar-refractivity contribution in [1.29, 1.82) is 0 Å². The molecule has 0 aliphatic carbocycles. The van der Waals surface area contributed by atoms with E-state index >= 15 is 0 Å². The third kappa shape index (κ3) is 4.24. The molecule has 1 aromatic heterocycles. The number of aromatic nitrogens is 2. The number of benzene rings is 1. The van der Waals surface area contributed by atoms with Crippen LogP contribution < -0.4 is 5.32 Å². The second kappa shape index (κ2) is 9.04. The van der Waals surface area contributed by atoms with E-state index in [1.165, 1.54) is 35.5 Å². The summed E-state index contributed by atoms with van der Waals surface area (Å²) in [6, 6.07) is 4.99. The molecular weight excluding hydrogens is 403 g/mol. The van der Waals surface area contributed by atoms with Crippen molar-refractivity contribution in [1.82, 2.24) is 14.7 Å². The number of carbonyl (C=O) groups excluding carboxylic acids is 3. The molecule has 2 amide bonds. The van der Waals surface area contributed by atoms with Crippen LogP contribution in [0.2, 0.25) is 0 Å². The van der Waals surface area contributed by atoms with Gasteiger partial charge in [0.2, 0.25) is 6.41 Å². The molecule has 1 N–H and O–H groups in total. The predicted octanol–water partition coefficient (Wildman–Crippen LogP) is 3.34. The largest absolute Gasteiger partial charge is 0.448 e. The summed E-state index contributed by atoms with van der Waals surface area (Å²) in [7, 11) is 0. The molecule has 8 nitrogen and oxygen atoms in total. The van der Waals surface area contributed by atoms with E-state index in [2.05, 4.69) is 22.0 Å². The first kappa shape index (κ1) is 22.4. The number of ether oxygens (including phenoxy) is 1. The van der Waals surface area contributed by atoms with Crippen LogP contribution in [0.3, 0.4) is 0 Å². The smallest absolute Gasteiger partial charge is 0.436 e. The minimum Gasteiger partial charge on any atom is -0.448 e. The van der Waals surface area contributed by atoms with Crippen LogP contribution in [0.5, 0.6) is 0 Å². The number of rotatable bonds is 4. The summed E-state index contributed by atoms with van der Waals surface area (Å²) in [6.07, 6.45) is 1.43. The summed E-state index contributed by atoms with van der Waals surface area (Å²) < 4.78 is 19.1. The van der Waals surface area contributed by atoms with Gasteiger partial charge < -0.3 is 15.0 Å². The van der Waals surface area contributed by atoms with Crippen LogP contribution in [0.15, 0.2) is 24.3 Å². The molecule has 0 fully saturated rings. The zero-order valence-corrected chi connectivity index (χ0v) is 17.3. The maximum atomic E-state index is 13.1. The summed E-state index contributed by atoms with van der Waals surface area (Å²) in [5, 5.41) is 6.93. The van der Waals surface area contributed by atoms with Crippen LogP contribution in [-0.4, -0.2) is 46.1 Å². The molecule has 0 radical (unpaired) electrons. The van der Waals surface area contributed by atoms with Gasteiger partial charge in [0.15, 0.2) is 0 Å². The number of carbonyl (C=O) groups is 3. The van der Waals surface area contributed by atoms with Crippen molar-refractivity contribution in [3.63, 3.8) is 0 Å². The van der Waals surface area contributed by atoms with Gasteiger partial charge in [-0.1, -0.05) is 0 Å². The third-order valence-electron chi connectivity index (χ3n) is 4.52. The topological polar surface area (TPSA) is 93.5 Å². The number of nitrogens with one attached hydrogen (secondary N) is 1. The first-order valence-corrected chi connectivity index (χ1v) is 9.51. The fourth-order valence-electron chi connectivity index (χ4n) is 2.99. The van der Waals surface area contributed by atoms with Crippen LogP contribution >= 0.6 is 11.6 Å². The summed E-state index contributed by atoms with van der Waals surface area (Å²) in [6.45, 7) is 5.56. The fraction of sp³-hybridized carbons (Fsp3) is 0.368. The molecule has 0 spiro atoms. The van der Waals surface area contributed by atoms with Crippen LogP contribution in [0, 0.1) is 5.82 Å². The van der Waals surface area contributed by atoms with E-state index in [-0.39, 0.29) is 24.5 Å². The van der Waals surface area contributed by atoms with Crippen molar-refractivity contribution in [3.05, 3.63) is 46.9 Å². The van der Waals surface area contributed by atoms with Gasteiger partial charge in [-0.2, -0.15) is 5.10 Å². The maximum Gasteiger partial charge on any atom is 0.436 e. The molecule has 2 aromatic rings. The second-order valence-corrected chi connectivity index (χ2v) is 6.54. The average molecular weight is 425 g/mol. The highest BCUT2D eigenvalue weighted by molar-refractivity contribution is 6.15. The van der Waals surface area contributed by atoms with E-state index in [0.29, 0.717) is 17.7 Å². The van der Waals surface area contributed by atoms with Crippen molar-refractivity contribution in [2.45, 2.75) is 32.9 Å². The fourth-order valence-corrected chi connectivity index (χ4v) is 2.99. The molecule has 0 saturated heterocycles. The Kier molecular flexibility index (Phi) is 6.97. The molecule has 0 saturated carbocycles. The van der Waals surface area contributed by atoms with Gasteiger partial charge in [-0.15, -0.1) is 16.3 Å². The zero-order chi connectivity index (χ0) is 21.8. The highest BCUT2D eigenvalue weighted by Crippen LogP contribution is 2.40. The lowest BCUT2D eigenvalue weighted by atomic mass is 10.0. The van der Waals surface area contributed by atoms with E-state index in [4.69, 9.17) is 4.74 Å². The molecule has 29 heavy (non-hydrogen) atoms. The average Bonchev–Trinajstić information content (AvgIpc) is 3.18. The van der Waals surface area contributed by atoms with Gasteiger partial charge in [0, 0.05) is 17.5 Å². The molecule has 1 aliphatic heterocycles. The first-order chi connectivity index (χ1) is 13.8.